The van der Waals surface area contributed by atoms with Gasteiger partial charge in [0, 0.05) is 21.0 Å². The zero-order valence-electron chi connectivity index (χ0n) is 13.1. The minimum absolute atomic E-state index is 0.143. The average molecular weight is 365 g/mol. The van der Waals surface area contributed by atoms with E-state index in [0.29, 0.717) is 22.3 Å². The highest BCUT2D eigenvalue weighted by Crippen LogP contribution is 2.33. The number of carbonyl (C=O) groups is 1. The van der Waals surface area contributed by atoms with Crippen molar-refractivity contribution in [3.05, 3.63) is 49.7 Å². The van der Waals surface area contributed by atoms with Crippen LogP contribution in [-0.4, -0.2) is 12.8 Å². The number of carbonyl (C=O) groups excluding carboxylic acids is 1. The van der Waals surface area contributed by atoms with Gasteiger partial charge in [-0.25, -0.2) is 4.79 Å². The Morgan fingerprint density at radius 2 is 2.08 bits per heavy atom. The summed E-state index contributed by atoms with van der Waals surface area (Å²) in [5.41, 5.74) is 2.96. The highest BCUT2D eigenvalue weighted by atomic mass is 35.5. The van der Waals surface area contributed by atoms with Gasteiger partial charge in [0.15, 0.2) is 6.79 Å². The first-order valence-corrected chi connectivity index (χ1v) is 9.21. The minimum Gasteiger partial charge on any atom is -0.467 e. The predicted octanol–water partition coefficient (Wildman–Crippen LogP) is 4.50. The first-order chi connectivity index (χ1) is 11.7. The average Bonchev–Trinajstić information content (AvgIpc) is 3.03. The Balaban J connectivity index is 1.49. The summed E-state index contributed by atoms with van der Waals surface area (Å²) < 4.78 is 16.3. The number of hydrogen-bond acceptors (Lipinski definition) is 5. The molecule has 4 nitrogen and oxygen atoms in total. The summed E-state index contributed by atoms with van der Waals surface area (Å²) in [6.07, 6.45) is 4.54. The maximum atomic E-state index is 12.4. The van der Waals surface area contributed by atoms with Crippen LogP contribution in [-0.2, 0) is 35.5 Å². The molecule has 126 valence electrons. The lowest BCUT2D eigenvalue weighted by molar-refractivity contribution is -0.0180. The van der Waals surface area contributed by atoms with Crippen molar-refractivity contribution in [1.82, 2.24) is 0 Å². The van der Waals surface area contributed by atoms with E-state index in [0.717, 1.165) is 24.0 Å². The Hall–Kier alpha value is -1.56. The molecule has 0 saturated carbocycles. The van der Waals surface area contributed by atoms with Gasteiger partial charge in [0.2, 0.25) is 0 Å². The summed E-state index contributed by atoms with van der Waals surface area (Å²) in [7, 11) is 0. The number of ether oxygens (including phenoxy) is 3. The third-order valence-electron chi connectivity index (χ3n) is 4.31. The van der Waals surface area contributed by atoms with Crippen LogP contribution in [0.3, 0.4) is 0 Å². The number of rotatable bonds is 3. The Kier molecular flexibility index (Phi) is 4.48. The fourth-order valence-electron chi connectivity index (χ4n) is 3.17. The van der Waals surface area contributed by atoms with Crippen molar-refractivity contribution >= 4 is 28.9 Å². The van der Waals surface area contributed by atoms with E-state index in [1.807, 2.05) is 12.1 Å². The van der Waals surface area contributed by atoms with Gasteiger partial charge in [0.1, 0.15) is 17.2 Å². The molecule has 2 heterocycles. The van der Waals surface area contributed by atoms with Crippen molar-refractivity contribution < 1.29 is 19.0 Å². The van der Waals surface area contributed by atoms with Crippen LogP contribution in [0.15, 0.2) is 18.2 Å². The molecule has 1 aromatic heterocycles. The number of halogens is 1. The van der Waals surface area contributed by atoms with E-state index < -0.39 is 0 Å². The van der Waals surface area contributed by atoms with Crippen molar-refractivity contribution in [2.75, 3.05) is 6.79 Å². The molecule has 0 saturated heterocycles. The number of fused-ring (bicyclic) bond motifs is 2. The fraction of sp³-hybridized carbons (Fsp3) is 0.389. The Morgan fingerprint density at radius 1 is 1.21 bits per heavy atom. The molecule has 2 aromatic rings. The second-order valence-corrected chi connectivity index (χ2v) is 7.58. The largest absolute Gasteiger partial charge is 0.467 e. The van der Waals surface area contributed by atoms with Crippen LogP contribution in [0.2, 0.25) is 5.02 Å². The number of thiophene rings is 1. The third kappa shape index (κ3) is 3.16. The van der Waals surface area contributed by atoms with E-state index in [-0.39, 0.29) is 19.4 Å². The lowest BCUT2D eigenvalue weighted by Gasteiger charge is -2.21. The highest BCUT2D eigenvalue weighted by Gasteiger charge is 2.20. The molecule has 0 atom stereocenters. The summed E-state index contributed by atoms with van der Waals surface area (Å²) >= 11 is 7.69. The van der Waals surface area contributed by atoms with Crippen LogP contribution in [0.5, 0.6) is 5.75 Å². The molecule has 4 rings (SSSR count). The highest BCUT2D eigenvalue weighted by molar-refractivity contribution is 7.14. The van der Waals surface area contributed by atoms with Gasteiger partial charge in [-0.05, 0) is 49.4 Å². The maximum absolute atomic E-state index is 12.4. The van der Waals surface area contributed by atoms with Crippen LogP contribution in [0.4, 0.5) is 0 Å². The summed E-state index contributed by atoms with van der Waals surface area (Å²) in [6.45, 7) is 0.798. The molecular weight excluding hydrogens is 348 g/mol. The lowest BCUT2D eigenvalue weighted by Crippen LogP contribution is -2.14. The van der Waals surface area contributed by atoms with Gasteiger partial charge >= 0.3 is 5.97 Å². The molecule has 0 N–H and O–H groups in total. The minimum atomic E-state index is -0.282. The monoisotopic (exact) mass is 364 g/mol. The first-order valence-electron chi connectivity index (χ1n) is 8.01. The molecule has 6 heteroatoms. The van der Waals surface area contributed by atoms with Crippen molar-refractivity contribution in [1.29, 1.82) is 0 Å². The summed E-state index contributed by atoms with van der Waals surface area (Å²) in [5, 5.41) is 0.584. The van der Waals surface area contributed by atoms with Gasteiger partial charge in [-0.2, -0.15) is 0 Å². The van der Waals surface area contributed by atoms with Crippen molar-refractivity contribution in [3.63, 3.8) is 0 Å². The van der Waals surface area contributed by atoms with Gasteiger partial charge in [0.25, 0.3) is 0 Å². The van der Waals surface area contributed by atoms with E-state index in [4.69, 9.17) is 25.8 Å². The molecule has 0 fully saturated rings. The summed E-state index contributed by atoms with van der Waals surface area (Å²) in [6, 6.07) is 5.58. The normalized spacial score (nSPS) is 16.0. The van der Waals surface area contributed by atoms with E-state index in [9.17, 15) is 4.79 Å². The van der Waals surface area contributed by atoms with Gasteiger partial charge in [-0.1, -0.05) is 11.6 Å². The van der Waals surface area contributed by atoms with E-state index in [1.54, 1.807) is 17.4 Å². The van der Waals surface area contributed by atoms with Crippen molar-refractivity contribution in [2.45, 2.75) is 38.9 Å². The van der Waals surface area contributed by atoms with Crippen molar-refractivity contribution in [2.24, 2.45) is 0 Å². The van der Waals surface area contributed by atoms with Crippen LogP contribution in [0.25, 0.3) is 0 Å². The molecule has 0 bridgehead atoms. The Labute approximate surface area is 149 Å². The van der Waals surface area contributed by atoms with Gasteiger partial charge in [-0.15, -0.1) is 11.3 Å². The molecule has 24 heavy (non-hydrogen) atoms. The lowest BCUT2D eigenvalue weighted by atomic mass is 9.99. The van der Waals surface area contributed by atoms with Crippen molar-refractivity contribution in [3.8, 4) is 5.75 Å². The molecule has 0 radical (unpaired) electrons. The van der Waals surface area contributed by atoms with Gasteiger partial charge in [0.05, 0.1) is 6.61 Å². The second kappa shape index (κ2) is 6.75. The topological polar surface area (TPSA) is 44.8 Å². The zero-order chi connectivity index (χ0) is 16.5. The number of benzene rings is 1. The number of esters is 1. The molecule has 1 aromatic carbocycles. The van der Waals surface area contributed by atoms with Crippen LogP contribution < -0.4 is 4.74 Å². The summed E-state index contributed by atoms with van der Waals surface area (Å²) in [5.74, 6) is 0.430. The second-order valence-electron chi connectivity index (χ2n) is 6.01. The van der Waals surface area contributed by atoms with Crippen LogP contribution in [0.1, 0.15) is 44.1 Å². The molecule has 1 aliphatic heterocycles. The molecule has 1 aliphatic carbocycles. The molecule has 0 unspecified atom stereocenters. The fourth-order valence-corrected chi connectivity index (χ4v) is 4.58. The first kappa shape index (κ1) is 15.9. The van der Waals surface area contributed by atoms with Crippen LogP contribution in [0, 0.1) is 0 Å². The smallest absolute Gasteiger partial charge is 0.348 e. The molecule has 0 spiro atoms. The number of hydrogen-bond donors (Lipinski definition) is 0. The summed E-state index contributed by atoms with van der Waals surface area (Å²) in [4.78, 5) is 14.4. The van der Waals surface area contributed by atoms with E-state index in [1.165, 1.54) is 23.3 Å². The third-order valence-corrected chi connectivity index (χ3v) is 5.74. The number of aryl methyl sites for hydroxylation is 2. The Morgan fingerprint density at radius 3 is 2.96 bits per heavy atom. The van der Waals surface area contributed by atoms with Gasteiger partial charge < -0.3 is 14.2 Å². The zero-order valence-corrected chi connectivity index (χ0v) is 14.7. The predicted molar refractivity (Wildman–Crippen MR) is 91.8 cm³/mol. The Bertz CT molecular complexity index is 760. The quantitative estimate of drug-likeness (QED) is 0.752. The molecular formula is C18H17ClO4S. The van der Waals surface area contributed by atoms with Crippen LogP contribution >= 0.6 is 22.9 Å². The van der Waals surface area contributed by atoms with Gasteiger partial charge in [-0.3, -0.25) is 0 Å². The molecule has 2 aliphatic rings. The SMILES string of the molecule is O=C(OCc1cc(Cl)cc2c1OCOC2)c1cc2c(s1)CCCC2. The van der Waals surface area contributed by atoms with E-state index in [2.05, 4.69) is 0 Å². The standard InChI is InChI=1S/C18H17ClO4S/c19-14-5-12-8-21-10-23-17(12)13(6-14)9-22-18(20)16-7-11-3-1-2-4-15(11)24-16/h5-7H,1-4,8-10H2. The molecule has 0 amide bonds. The van der Waals surface area contributed by atoms with E-state index >= 15 is 0 Å². The maximum Gasteiger partial charge on any atom is 0.348 e.